The molecule has 0 radical (unpaired) electrons. The van der Waals surface area contributed by atoms with Gasteiger partial charge in [-0.2, -0.15) is 5.10 Å². The zero-order chi connectivity index (χ0) is 20.0. The minimum absolute atomic E-state index is 0.114. The van der Waals surface area contributed by atoms with E-state index in [1.54, 1.807) is 13.3 Å². The molecule has 0 aliphatic heterocycles. The summed E-state index contributed by atoms with van der Waals surface area (Å²) in [6, 6.07) is 9.65. The Labute approximate surface area is 168 Å². The molecule has 0 aromatic heterocycles. The number of halogens is 1. The Morgan fingerprint density at radius 2 is 1.89 bits per heavy atom. The molecule has 1 amide bonds. The summed E-state index contributed by atoms with van der Waals surface area (Å²) in [5.41, 5.74) is 6.71. The van der Waals surface area contributed by atoms with Crippen LogP contribution in [-0.2, 0) is 4.79 Å². The van der Waals surface area contributed by atoms with Crippen molar-refractivity contribution in [3.05, 3.63) is 57.1 Å². The number of carbonyl (C=O) groups is 1. The van der Waals surface area contributed by atoms with Gasteiger partial charge < -0.3 is 9.47 Å². The Morgan fingerprint density at radius 1 is 1.19 bits per heavy atom. The van der Waals surface area contributed by atoms with Gasteiger partial charge in [0, 0.05) is 0 Å². The van der Waals surface area contributed by atoms with Crippen molar-refractivity contribution in [1.82, 2.24) is 5.43 Å². The van der Waals surface area contributed by atoms with Crippen LogP contribution < -0.4 is 14.9 Å². The van der Waals surface area contributed by atoms with Crippen molar-refractivity contribution in [2.45, 2.75) is 33.6 Å². The van der Waals surface area contributed by atoms with E-state index < -0.39 is 0 Å². The van der Waals surface area contributed by atoms with E-state index in [1.165, 1.54) is 5.56 Å². The number of hydrogen-bond donors (Lipinski definition) is 1. The van der Waals surface area contributed by atoms with Crippen LogP contribution in [0.15, 0.2) is 39.9 Å². The van der Waals surface area contributed by atoms with E-state index in [4.69, 9.17) is 9.47 Å². The highest BCUT2D eigenvalue weighted by Crippen LogP contribution is 2.28. The van der Waals surface area contributed by atoms with E-state index in [0.717, 1.165) is 26.9 Å². The number of nitrogens with zero attached hydrogens (tertiary/aromatic N) is 1. The molecule has 0 atom stereocenters. The van der Waals surface area contributed by atoms with Crippen molar-refractivity contribution in [2.75, 3.05) is 13.7 Å². The lowest BCUT2D eigenvalue weighted by atomic mass is 10.0. The number of hydrogen-bond acceptors (Lipinski definition) is 4. The molecule has 2 rings (SSSR count). The Kier molecular flexibility index (Phi) is 7.42. The quantitative estimate of drug-likeness (QED) is 0.508. The van der Waals surface area contributed by atoms with Crippen LogP contribution in [-0.4, -0.2) is 25.8 Å². The highest BCUT2D eigenvalue weighted by molar-refractivity contribution is 9.10. The van der Waals surface area contributed by atoms with Gasteiger partial charge in [-0.25, -0.2) is 5.43 Å². The van der Waals surface area contributed by atoms with Crippen molar-refractivity contribution in [3.63, 3.8) is 0 Å². The van der Waals surface area contributed by atoms with Crippen LogP contribution in [0.3, 0.4) is 0 Å². The summed E-state index contributed by atoms with van der Waals surface area (Å²) >= 11 is 3.48. The Bertz CT molecular complexity index is 848. The lowest BCUT2D eigenvalue weighted by molar-refractivity contribution is -0.123. The molecule has 0 fully saturated rings. The van der Waals surface area contributed by atoms with Crippen LogP contribution >= 0.6 is 15.9 Å². The van der Waals surface area contributed by atoms with Crippen molar-refractivity contribution >= 4 is 28.1 Å². The van der Waals surface area contributed by atoms with Crippen molar-refractivity contribution in [2.24, 2.45) is 5.10 Å². The number of hydrazone groups is 1. The molecule has 0 aliphatic carbocycles. The average molecular weight is 433 g/mol. The highest BCUT2D eigenvalue weighted by Gasteiger charge is 2.08. The Balaban J connectivity index is 1.91. The second-order valence-electron chi connectivity index (χ2n) is 6.53. The van der Waals surface area contributed by atoms with Gasteiger partial charge in [0.1, 0.15) is 11.5 Å². The van der Waals surface area contributed by atoms with Crippen LogP contribution in [0.2, 0.25) is 0 Å². The third-order valence-corrected chi connectivity index (χ3v) is 4.99. The molecule has 0 spiro atoms. The third kappa shape index (κ3) is 5.57. The van der Waals surface area contributed by atoms with Gasteiger partial charge in [-0.15, -0.1) is 0 Å². The van der Waals surface area contributed by atoms with E-state index in [-0.39, 0.29) is 12.5 Å². The molecule has 0 unspecified atom stereocenters. The monoisotopic (exact) mass is 432 g/mol. The van der Waals surface area contributed by atoms with E-state index in [9.17, 15) is 4.79 Å². The molecule has 1 N–H and O–H groups in total. The predicted molar refractivity (Wildman–Crippen MR) is 112 cm³/mol. The topological polar surface area (TPSA) is 59.9 Å². The molecule has 0 saturated heterocycles. The van der Waals surface area contributed by atoms with Gasteiger partial charge in [-0.05, 0) is 82.2 Å². The molecule has 2 aromatic rings. The molecule has 0 bridgehead atoms. The number of benzene rings is 2. The van der Waals surface area contributed by atoms with E-state index >= 15 is 0 Å². The lowest BCUT2D eigenvalue weighted by Gasteiger charge is -2.11. The smallest absolute Gasteiger partial charge is 0.277 e. The maximum atomic E-state index is 12.0. The molecule has 6 heteroatoms. The maximum absolute atomic E-state index is 12.0. The zero-order valence-electron chi connectivity index (χ0n) is 16.3. The first-order valence-electron chi connectivity index (χ1n) is 8.71. The summed E-state index contributed by atoms with van der Waals surface area (Å²) in [5, 5.41) is 4.01. The van der Waals surface area contributed by atoms with Gasteiger partial charge >= 0.3 is 0 Å². The zero-order valence-corrected chi connectivity index (χ0v) is 17.9. The fourth-order valence-electron chi connectivity index (χ4n) is 2.52. The highest BCUT2D eigenvalue weighted by atomic mass is 79.9. The molecule has 27 heavy (non-hydrogen) atoms. The standard InChI is InChI=1S/C21H25BrN2O3/c1-13(2)16-6-9-20(18(22)10-16)27-12-21(25)24-23-11-17-7-8-19(26-5)15(4)14(17)3/h6-11,13H,12H2,1-5H3,(H,24,25)/b23-11+. The van der Waals surface area contributed by atoms with Crippen molar-refractivity contribution in [3.8, 4) is 11.5 Å². The number of ether oxygens (including phenoxy) is 2. The Morgan fingerprint density at radius 3 is 2.52 bits per heavy atom. The second-order valence-corrected chi connectivity index (χ2v) is 7.39. The van der Waals surface area contributed by atoms with Gasteiger partial charge in [0.2, 0.25) is 0 Å². The lowest BCUT2D eigenvalue weighted by Crippen LogP contribution is -2.24. The minimum atomic E-state index is -0.325. The van der Waals surface area contributed by atoms with Gasteiger partial charge in [-0.1, -0.05) is 19.9 Å². The number of methoxy groups -OCH3 is 1. The predicted octanol–water partition coefficient (Wildman–Crippen LogP) is 4.73. The molecule has 0 saturated carbocycles. The third-order valence-electron chi connectivity index (χ3n) is 4.37. The number of rotatable bonds is 7. The van der Waals surface area contributed by atoms with Crippen LogP contribution in [0.25, 0.3) is 0 Å². The molecular weight excluding hydrogens is 408 g/mol. The molecule has 5 nitrogen and oxygen atoms in total. The van der Waals surface area contributed by atoms with E-state index in [0.29, 0.717) is 11.7 Å². The molecular formula is C21H25BrN2O3. The Hall–Kier alpha value is -2.34. The molecule has 2 aromatic carbocycles. The summed E-state index contributed by atoms with van der Waals surface area (Å²) in [6.45, 7) is 8.11. The van der Waals surface area contributed by atoms with Gasteiger partial charge in [0.25, 0.3) is 5.91 Å². The number of nitrogens with one attached hydrogen (secondary N) is 1. The average Bonchev–Trinajstić information content (AvgIpc) is 2.64. The first-order chi connectivity index (χ1) is 12.8. The summed E-state index contributed by atoms with van der Waals surface area (Å²) in [6.07, 6.45) is 1.62. The fourth-order valence-corrected chi connectivity index (χ4v) is 3.03. The van der Waals surface area contributed by atoms with E-state index in [1.807, 2.05) is 44.2 Å². The van der Waals surface area contributed by atoms with Crippen LogP contribution in [0.4, 0.5) is 0 Å². The first-order valence-corrected chi connectivity index (χ1v) is 9.51. The second kappa shape index (κ2) is 9.55. The summed E-state index contributed by atoms with van der Waals surface area (Å²) in [4.78, 5) is 12.0. The number of carbonyl (C=O) groups excluding carboxylic acids is 1. The van der Waals surface area contributed by atoms with Crippen molar-refractivity contribution < 1.29 is 14.3 Å². The molecule has 0 heterocycles. The molecule has 144 valence electrons. The fraction of sp³-hybridized carbons (Fsp3) is 0.333. The summed E-state index contributed by atoms with van der Waals surface area (Å²) in [7, 11) is 1.64. The van der Waals surface area contributed by atoms with Crippen LogP contribution in [0, 0.1) is 13.8 Å². The van der Waals surface area contributed by atoms with Gasteiger partial charge in [0.05, 0.1) is 17.8 Å². The first kappa shape index (κ1) is 21.0. The molecule has 0 aliphatic rings. The van der Waals surface area contributed by atoms with Gasteiger partial charge in [0.15, 0.2) is 6.61 Å². The van der Waals surface area contributed by atoms with Crippen LogP contribution in [0.5, 0.6) is 11.5 Å². The minimum Gasteiger partial charge on any atom is -0.496 e. The van der Waals surface area contributed by atoms with Crippen LogP contribution in [0.1, 0.15) is 42.0 Å². The summed E-state index contributed by atoms with van der Waals surface area (Å²) in [5.74, 6) is 1.56. The van der Waals surface area contributed by atoms with E-state index in [2.05, 4.69) is 40.3 Å². The van der Waals surface area contributed by atoms with Gasteiger partial charge in [-0.3, -0.25) is 4.79 Å². The normalized spacial score (nSPS) is 11.1. The summed E-state index contributed by atoms with van der Waals surface area (Å²) < 4.78 is 11.7. The maximum Gasteiger partial charge on any atom is 0.277 e. The van der Waals surface area contributed by atoms with Crippen molar-refractivity contribution in [1.29, 1.82) is 0 Å². The SMILES string of the molecule is COc1ccc(/C=N/NC(=O)COc2ccc(C(C)C)cc2Br)c(C)c1C. The number of amides is 1. The largest absolute Gasteiger partial charge is 0.496 e.